The van der Waals surface area contributed by atoms with E-state index in [4.69, 9.17) is 16.3 Å². The van der Waals surface area contributed by atoms with Gasteiger partial charge in [-0.1, -0.05) is 35.9 Å². The van der Waals surface area contributed by atoms with Gasteiger partial charge in [-0.3, -0.25) is 10.1 Å². The average molecular weight is 357 g/mol. The number of esters is 1. The standard InChI is InChI=1S/C18H13ClN2O4/c1-11-6-7-13(9-16(11)21(23)24)18(22)25-10-14-8-12-4-2-3-5-15(12)20-17(14)19/h2-9H,10H2,1H3. The van der Waals surface area contributed by atoms with Crippen LogP contribution in [-0.4, -0.2) is 15.9 Å². The predicted octanol–water partition coefficient (Wildman–Crippen LogP) is 4.46. The van der Waals surface area contributed by atoms with Crippen molar-refractivity contribution in [3.63, 3.8) is 0 Å². The van der Waals surface area contributed by atoms with E-state index in [1.807, 2.05) is 24.3 Å². The number of carbonyl (C=O) groups excluding carboxylic acids is 1. The number of hydrogen-bond acceptors (Lipinski definition) is 5. The zero-order valence-corrected chi connectivity index (χ0v) is 14.0. The molecule has 3 rings (SSSR count). The number of pyridine rings is 1. The van der Waals surface area contributed by atoms with Gasteiger partial charge in [0.15, 0.2) is 0 Å². The smallest absolute Gasteiger partial charge is 0.338 e. The summed E-state index contributed by atoms with van der Waals surface area (Å²) in [6, 6.07) is 13.5. The van der Waals surface area contributed by atoms with E-state index in [9.17, 15) is 14.9 Å². The summed E-state index contributed by atoms with van der Waals surface area (Å²) in [5.74, 6) is -0.660. The topological polar surface area (TPSA) is 82.3 Å². The van der Waals surface area contributed by atoms with E-state index in [0.717, 1.165) is 10.9 Å². The largest absolute Gasteiger partial charge is 0.457 e. The molecule has 6 nitrogen and oxygen atoms in total. The van der Waals surface area contributed by atoms with Gasteiger partial charge in [0.1, 0.15) is 11.8 Å². The molecule has 0 saturated carbocycles. The molecule has 0 saturated heterocycles. The molecule has 2 aromatic carbocycles. The minimum absolute atomic E-state index is 0.0722. The number of nitrogens with zero attached hydrogens (tertiary/aromatic N) is 2. The van der Waals surface area contributed by atoms with Gasteiger partial charge in [-0.05, 0) is 25.1 Å². The third-order valence-electron chi connectivity index (χ3n) is 3.75. The number of ether oxygens (including phenoxy) is 1. The number of aryl methyl sites for hydroxylation is 1. The van der Waals surface area contributed by atoms with Crippen molar-refractivity contribution in [1.82, 2.24) is 4.98 Å². The SMILES string of the molecule is Cc1ccc(C(=O)OCc2cc3ccccc3nc2Cl)cc1[N+](=O)[O-]. The number of fused-ring (bicyclic) bond motifs is 1. The van der Waals surface area contributed by atoms with Crippen molar-refractivity contribution in [1.29, 1.82) is 0 Å². The first-order chi connectivity index (χ1) is 12.0. The minimum Gasteiger partial charge on any atom is -0.457 e. The molecule has 7 heteroatoms. The summed E-state index contributed by atoms with van der Waals surface area (Å²) in [4.78, 5) is 26.9. The summed E-state index contributed by atoms with van der Waals surface area (Å²) >= 11 is 6.13. The number of para-hydroxylation sites is 1. The number of rotatable bonds is 4. The molecule has 1 heterocycles. The van der Waals surface area contributed by atoms with E-state index >= 15 is 0 Å². The van der Waals surface area contributed by atoms with Crippen LogP contribution < -0.4 is 0 Å². The first-order valence-electron chi connectivity index (χ1n) is 7.42. The Bertz CT molecular complexity index is 988. The molecule has 0 aliphatic rings. The summed E-state index contributed by atoms with van der Waals surface area (Å²) in [5, 5.41) is 12.1. The molecule has 0 radical (unpaired) electrons. The van der Waals surface area contributed by atoms with Gasteiger partial charge < -0.3 is 4.74 Å². The lowest BCUT2D eigenvalue weighted by atomic mass is 10.1. The van der Waals surface area contributed by atoms with Crippen LogP contribution in [0.1, 0.15) is 21.5 Å². The van der Waals surface area contributed by atoms with Crippen molar-refractivity contribution >= 4 is 34.2 Å². The monoisotopic (exact) mass is 356 g/mol. The van der Waals surface area contributed by atoms with E-state index in [1.54, 1.807) is 13.0 Å². The Morgan fingerprint density at radius 1 is 1.24 bits per heavy atom. The van der Waals surface area contributed by atoms with Crippen molar-refractivity contribution in [3.8, 4) is 0 Å². The number of hydrogen-bond donors (Lipinski definition) is 0. The number of nitro groups is 1. The molecule has 0 N–H and O–H groups in total. The maximum atomic E-state index is 12.2. The zero-order valence-electron chi connectivity index (χ0n) is 13.2. The number of benzene rings is 2. The molecule has 1 aromatic heterocycles. The highest BCUT2D eigenvalue weighted by Crippen LogP contribution is 2.23. The van der Waals surface area contributed by atoms with Gasteiger partial charge >= 0.3 is 5.97 Å². The van der Waals surface area contributed by atoms with Crippen LogP contribution in [0.25, 0.3) is 10.9 Å². The van der Waals surface area contributed by atoms with E-state index in [2.05, 4.69) is 4.98 Å². The molecule has 126 valence electrons. The van der Waals surface area contributed by atoms with Crippen LogP contribution in [0.3, 0.4) is 0 Å². The molecule has 0 bridgehead atoms. The lowest BCUT2D eigenvalue weighted by molar-refractivity contribution is -0.385. The fourth-order valence-electron chi connectivity index (χ4n) is 2.40. The molecule has 0 spiro atoms. The summed E-state index contributed by atoms with van der Waals surface area (Å²) < 4.78 is 5.23. The lowest BCUT2D eigenvalue weighted by Crippen LogP contribution is -2.07. The van der Waals surface area contributed by atoms with Gasteiger partial charge in [-0.25, -0.2) is 9.78 Å². The molecule has 3 aromatic rings. The van der Waals surface area contributed by atoms with Crippen LogP contribution in [0.5, 0.6) is 0 Å². The molecule has 0 atom stereocenters. The molecule has 0 unspecified atom stereocenters. The lowest BCUT2D eigenvalue weighted by Gasteiger charge is -2.08. The Balaban J connectivity index is 1.80. The third-order valence-corrected chi connectivity index (χ3v) is 4.08. The molecule has 25 heavy (non-hydrogen) atoms. The van der Waals surface area contributed by atoms with Gasteiger partial charge in [0.2, 0.25) is 0 Å². The minimum atomic E-state index is -0.660. The highest BCUT2D eigenvalue weighted by Gasteiger charge is 2.16. The fourth-order valence-corrected chi connectivity index (χ4v) is 2.60. The van der Waals surface area contributed by atoms with Gasteiger partial charge in [-0.15, -0.1) is 0 Å². The highest BCUT2D eigenvalue weighted by atomic mass is 35.5. The zero-order chi connectivity index (χ0) is 18.0. The maximum Gasteiger partial charge on any atom is 0.338 e. The molecule has 0 fully saturated rings. The Morgan fingerprint density at radius 2 is 2.00 bits per heavy atom. The summed E-state index contributed by atoms with van der Waals surface area (Å²) in [6.07, 6.45) is 0. The average Bonchev–Trinajstić information content (AvgIpc) is 2.59. The molecule has 0 amide bonds. The Morgan fingerprint density at radius 3 is 2.76 bits per heavy atom. The number of halogens is 1. The van der Waals surface area contributed by atoms with Gasteiger partial charge in [0.25, 0.3) is 5.69 Å². The third kappa shape index (κ3) is 3.59. The summed E-state index contributed by atoms with van der Waals surface area (Å²) in [7, 11) is 0. The van der Waals surface area contributed by atoms with E-state index in [1.165, 1.54) is 18.2 Å². The van der Waals surface area contributed by atoms with Crippen LogP contribution in [-0.2, 0) is 11.3 Å². The second-order valence-electron chi connectivity index (χ2n) is 5.47. The molecule has 0 aliphatic heterocycles. The Labute approximate surface area is 148 Å². The summed E-state index contributed by atoms with van der Waals surface area (Å²) in [5.41, 5.74) is 1.78. The van der Waals surface area contributed by atoms with Crippen molar-refractivity contribution in [2.24, 2.45) is 0 Å². The van der Waals surface area contributed by atoms with Crippen LogP contribution in [0, 0.1) is 17.0 Å². The van der Waals surface area contributed by atoms with Crippen LogP contribution in [0.4, 0.5) is 5.69 Å². The second-order valence-corrected chi connectivity index (χ2v) is 5.82. The van der Waals surface area contributed by atoms with Gasteiger partial charge in [0, 0.05) is 22.6 Å². The van der Waals surface area contributed by atoms with Crippen molar-refractivity contribution < 1.29 is 14.5 Å². The maximum absolute atomic E-state index is 12.2. The molecular weight excluding hydrogens is 344 g/mol. The van der Waals surface area contributed by atoms with Gasteiger partial charge in [-0.2, -0.15) is 0 Å². The Kier molecular flexibility index (Phi) is 4.63. The quantitative estimate of drug-likeness (QED) is 0.298. The van der Waals surface area contributed by atoms with Crippen LogP contribution >= 0.6 is 11.6 Å². The molecular formula is C18H13ClN2O4. The predicted molar refractivity (Wildman–Crippen MR) is 93.7 cm³/mol. The highest BCUT2D eigenvalue weighted by molar-refractivity contribution is 6.30. The van der Waals surface area contributed by atoms with Crippen molar-refractivity contribution in [3.05, 3.63) is 80.5 Å². The van der Waals surface area contributed by atoms with Gasteiger partial charge in [0.05, 0.1) is 16.0 Å². The van der Waals surface area contributed by atoms with Crippen molar-refractivity contribution in [2.75, 3.05) is 0 Å². The van der Waals surface area contributed by atoms with Crippen LogP contribution in [0.15, 0.2) is 48.5 Å². The molecule has 0 aliphatic carbocycles. The second kappa shape index (κ2) is 6.86. The normalized spacial score (nSPS) is 10.6. The van der Waals surface area contributed by atoms with E-state index in [-0.39, 0.29) is 23.0 Å². The first-order valence-corrected chi connectivity index (χ1v) is 7.80. The number of carbonyl (C=O) groups is 1. The number of nitro benzene ring substituents is 1. The van der Waals surface area contributed by atoms with E-state index < -0.39 is 10.9 Å². The van der Waals surface area contributed by atoms with Crippen LogP contribution in [0.2, 0.25) is 5.15 Å². The van der Waals surface area contributed by atoms with E-state index in [0.29, 0.717) is 11.1 Å². The number of aromatic nitrogens is 1. The fraction of sp³-hybridized carbons (Fsp3) is 0.111. The summed E-state index contributed by atoms with van der Waals surface area (Å²) in [6.45, 7) is 1.53. The first kappa shape index (κ1) is 16.9. The van der Waals surface area contributed by atoms with Crippen molar-refractivity contribution in [2.45, 2.75) is 13.5 Å². The Hall–Kier alpha value is -2.99.